The van der Waals surface area contributed by atoms with Gasteiger partial charge in [0.25, 0.3) is 5.91 Å². The molecule has 4 nitrogen and oxygen atoms in total. The van der Waals surface area contributed by atoms with Crippen molar-refractivity contribution in [1.82, 2.24) is 9.55 Å². The molecule has 0 saturated carbocycles. The quantitative estimate of drug-likeness (QED) is 0.771. The van der Waals surface area contributed by atoms with Crippen molar-refractivity contribution < 1.29 is 4.79 Å². The summed E-state index contributed by atoms with van der Waals surface area (Å²) in [5.74, 6) is 0.540. The summed E-state index contributed by atoms with van der Waals surface area (Å²) in [5.41, 5.74) is 5.70. The number of primary amides is 1. The van der Waals surface area contributed by atoms with Crippen molar-refractivity contribution in [3.63, 3.8) is 0 Å². The minimum atomic E-state index is -0.414. The molecule has 0 unspecified atom stereocenters. The van der Waals surface area contributed by atoms with E-state index in [0.717, 1.165) is 25.2 Å². The Morgan fingerprint density at radius 1 is 1.67 bits per heavy atom. The third-order valence-corrected chi connectivity index (χ3v) is 2.57. The molecule has 2 rings (SSSR count). The van der Waals surface area contributed by atoms with E-state index in [1.165, 1.54) is 0 Å². The summed E-state index contributed by atoms with van der Waals surface area (Å²) in [6.07, 6.45) is 1.99. The highest BCUT2D eigenvalue weighted by Gasteiger charge is 2.22. The second kappa shape index (κ2) is 2.58. The second-order valence-corrected chi connectivity index (χ2v) is 3.54. The molecule has 0 bridgehead atoms. The first-order valence-electron chi connectivity index (χ1n) is 3.75. The predicted molar refractivity (Wildman–Crippen MR) is 46.8 cm³/mol. The highest BCUT2D eigenvalue weighted by Crippen LogP contribution is 2.23. The number of halogens is 1. The van der Waals surface area contributed by atoms with Gasteiger partial charge in [0.15, 0.2) is 0 Å². The van der Waals surface area contributed by atoms with Crippen molar-refractivity contribution in [2.45, 2.75) is 19.4 Å². The highest BCUT2D eigenvalue weighted by molar-refractivity contribution is 9.10. The molecule has 1 aliphatic rings. The van der Waals surface area contributed by atoms with Gasteiger partial charge in [-0.2, -0.15) is 0 Å². The van der Waals surface area contributed by atoms with Crippen LogP contribution in [0, 0.1) is 0 Å². The Morgan fingerprint density at radius 2 is 2.42 bits per heavy atom. The van der Waals surface area contributed by atoms with Crippen LogP contribution in [-0.2, 0) is 13.0 Å². The lowest BCUT2D eigenvalue weighted by Gasteiger charge is -1.99. The van der Waals surface area contributed by atoms with Gasteiger partial charge in [-0.1, -0.05) is 0 Å². The van der Waals surface area contributed by atoms with Crippen LogP contribution in [0.2, 0.25) is 0 Å². The molecular weight excluding hydrogens is 222 g/mol. The molecule has 0 atom stereocenters. The number of carbonyl (C=O) groups is 1. The van der Waals surface area contributed by atoms with E-state index in [-0.39, 0.29) is 0 Å². The maximum atomic E-state index is 11.0. The second-order valence-electron chi connectivity index (χ2n) is 2.79. The largest absolute Gasteiger partial charge is 0.364 e. The van der Waals surface area contributed by atoms with Crippen molar-refractivity contribution in [2.75, 3.05) is 0 Å². The van der Waals surface area contributed by atoms with Crippen LogP contribution in [0.4, 0.5) is 0 Å². The molecule has 0 spiro atoms. The van der Waals surface area contributed by atoms with E-state index in [0.29, 0.717) is 10.3 Å². The van der Waals surface area contributed by atoms with Crippen LogP contribution in [0.15, 0.2) is 4.60 Å². The number of carbonyl (C=O) groups excluding carboxylic acids is 1. The lowest BCUT2D eigenvalue weighted by atomic mass is 10.4. The van der Waals surface area contributed by atoms with Gasteiger partial charge in [-0.3, -0.25) is 4.79 Å². The first-order valence-corrected chi connectivity index (χ1v) is 4.54. The summed E-state index contributed by atoms with van der Waals surface area (Å²) in [5, 5.41) is 0. The maximum absolute atomic E-state index is 11.0. The van der Waals surface area contributed by atoms with Crippen LogP contribution >= 0.6 is 15.9 Å². The number of hydrogen-bond donors (Lipinski definition) is 1. The molecule has 5 heteroatoms. The summed E-state index contributed by atoms with van der Waals surface area (Å²) in [7, 11) is 0. The number of fused-ring (bicyclic) bond motifs is 1. The highest BCUT2D eigenvalue weighted by atomic mass is 79.9. The topological polar surface area (TPSA) is 60.9 Å². The molecule has 0 aromatic carbocycles. The minimum absolute atomic E-state index is 0.414. The van der Waals surface area contributed by atoms with Gasteiger partial charge in [-0.15, -0.1) is 0 Å². The maximum Gasteiger partial charge on any atom is 0.268 e. The van der Waals surface area contributed by atoms with Crippen LogP contribution in [0.1, 0.15) is 22.7 Å². The number of imidazole rings is 1. The van der Waals surface area contributed by atoms with Crippen molar-refractivity contribution in [1.29, 1.82) is 0 Å². The Labute approximate surface area is 77.9 Å². The zero-order valence-corrected chi connectivity index (χ0v) is 7.97. The summed E-state index contributed by atoms with van der Waals surface area (Å²) in [4.78, 5) is 15.2. The number of aromatic nitrogens is 2. The lowest BCUT2D eigenvalue weighted by Crippen LogP contribution is -2.16. The van der Waals surface area contributed by atoms with Crippen LogP contribution in [0.3, 0.4) is 0 Å². The predicted octanol–water partition coefficient (Wildman–Crippen LogP) is 0.691. The average Bonchev–Trinajstić information content (AvgIpc) is 2.44. The molecule has 1 aromatic rings. The molecule has 2 heterocycles. The van der Waals surface area contributed by atoms with E-state index in [4.69, 9.17) is 5.73 Å². The van der Waals surface area contributed by atoms with E-state index in [9.17, 15) is 4.79 Å². The van der Waals surface area contributed by atoms with Gasteiger partial charge in [0.2, 0.25) is 0 Å². The fourth-order valence-electron chi connectivity index (χ4n) is 1.53. The Balaban J connectivity index is 2.59. The summed E-state index contributed by atoms with van der Waals surface area (Å²) in [6, 6.07) is 0. The van der Waals surface area contributed by atoms with Gasteiger partial charge in [0.1, 0.15) is 16.1 Å². The van der Waals surface area contributed by atoms with E-state index in [1.54, 1.807) is 0 Å². The van der Waals surface area contributed by atoms with E-state index < -0.39 is 5.91 Å². The van der Waals surface area contributed by atoms with E-state index >= 15 is 0 Å². The molecule has 0 fully saturated rings. The van der Waals surface area contributed by atoms with Crippen molar-refractivity contribution >= 4 is 21.8 Å². The molecule has 64 valence electrons. The lowest BCUT2D eigenvalue weighted by molar-refractivity contribution is 0.0991. The fourth-order valence-corrected chi connectivity index (χ4v) is 2.14. The Morgan fingerprint density at radius 3 is 3.08 bits per heavy atom. The zero-order valence-electron chi connectivity index (χ0n) is 6.38. The summed E-state index contributed by atoms with van der Waals surface area (Å²) < 4.78 is 2.46. The van der Waals surface area contributed by atoms with Gasteiger partial charge in [-0.25, -0.2) is 4.98 Å². The summed E-state index contributed by atoms with van der Waals surface area (Å²) >= 11 is 3.21. The normalized spacial score (nSPS) is 14.8. The standard InChI is InChI=1S/C7H8BrN3O/c8-6-5(7(9)12)11-3-1-2-4(11)10-6/h1-3H2,(H2,9,12). The van der Waals surface area contributed by atoms with Gasteiger partial charge >= 0.3 is 0 Å². The number of rotatable bonds is 1. The van der Waals surface area contributed by atoms with Crippen LogP contribution in [0.5, 0.6) is 0 Å². The molecular formula is C7H8BrN3O. The average molecular weight is 230 g/mol. The number of nitrogens with zero attached hydrogens (tertiary/aromatic N) is 2. The van der Waals surface area contributed by atoms with Gasteiger partial charge in [0, 0.05) is 13.0 Å². The first-order chi connectivity index (χ1) is 5.70. The number of amides is 1. The van der Waals surface area contributed by atoms with E-state index in [2.05, 4.69) is 20.9 Å². The Bertz CT molecular complexity index is 345. The Kier molecular flexibility index (Phi) is 1.68. The smallest absolute Gasteiger partial charge is 0.268 e. The number of hydrogen-bond acceptors (Lipinski definition) is 2. The minimum Gasteiger partial charge on any atom is -0.364 e. The Hall–Kier alpha value is -0.840. The fraction of sp³-hybridized carbons (Fsp3) is 0.429. The third kappa shape index (κ3) is 0.964. The summed E-state index contributed by atoms with van der Waals surface area (Å²) in [6.45, 7) is 0.853. The zero-order chi connectivity index (χ0) is 8.72. The van der Waals surface area contributed by atoms with E-state index in [1.807, 2.05) is 4.57 Å². The first kappa shape index (κ1) is 7.79. The van der Waals surface area contributed by atoms with Gasteiger partial charge in [-0.05, 0) is 22.4 Å². The molecule has 12 heavy (non-hydrogen) atoms. The molecule has 0 radical (unpaired) electrons. The number of aryl methyl sites for hydroxylation is 1. The molecule has 1 aromatic heterocycles. The molecule has 2 N–H and O–H groups in total. The van der Waals surface area contributed by atoms with Crippen molar-refractivity contribution in [2.24, 2.45) is 5.73 Å². The van der Waals surface area contributed by atoms with Crippen LogP contribution in [-0.4, -0.2) is 15.5 Å². The monoisotopic (exact) mass is 229 g/mol. The van der Waals surface area contributed by atoms with Crippen molar-refractivity contribution in [3.8, 4) is 0 Å². The molecule has 1 amide bonds. The SMILES string of the molecule is NC(=O)c1c(Br)nc2n1CCC2. The number of nitrogens with two attached hydrogens (primary N) is 1. The van der Waals surface area contributed by atoms with Crippen LogP contribution in [0.25, 0.3) is 0 Å². The molecule has 0 saturated heterocycles. The molecule has 0 aliphatic carbocycles. The van der Waals surface area contributed by atoms with Crippen molar-refractivity contribution in [3.05, 3.63) is 16.1 Å². The van der Waals surface area contributed by atoms with Gasteiger partial charge < -0.3 is 10.3 Å². The third-order valence-electron chi connectivity index (χ3n) is 2.02. The van der Waals surface area contributed by atoms with Gasteiger partial charge in [0.05, 0.1) is 0 Å². The molecule has 1 aliphatic heterocycles. The van der Waals surface area contributed by atoms with Crippen LogP contribution < -0.4 is 5.73 Å².